The van der Waals surface area contributed by atoms with Crippen molar-refractivity contribution < 1.29 is 19.4 Å². The lowest BCUT2D eigenvalue weighted by Gasteiger charge is -2.30. The van der Waals surface area contributed by atoms with E-state index in [-0.39, 0.29) is 23.8 Å². The maximum absolute atomic E-state index is 12.8. The third kappa shape index (κ3) is 4.28. The minimum atomic E-state index is -0.778. The lowest BCUT2D eigenvalue weighted by molar-refractivity contribution is -0.141. The Morgan fingerprint density at radius 1 is 1.25 bits per heavy atom. The van der Waals surface area contributed by atoms with E-state index >= 15 is 0 Å². The normalized spacial score (nSPS) is 21.3. The van der Waals surface area contributed by atoms with Crippen LogP contribution in [0.4, 0.5) is 0 Å². The fourth-order valence-electron chi connectivity index (χ4n) is 3.56. The first-order chi connectivity index (χ1) is 11.5. The molecule has 1 saturated carbocycles. The van der Waals surface area contributed by atoms with Crippen LogP contribution < -0.4 is 4.74 Å². The summed E-state index contributed by atoms with van der Waals surface area (Å²) < 4.78 is 5.17. The number of benzene rings is 1. The van der Waals surface area contributed by atoms with E-state index in [0.717, 1.165) is 17.7 Å². The average molecular weight is 333 g/mol. The van der Waals surface area contributed by atoms with Crippen molar-refractivity contribution in [2.24, 2.45) is 11.8 Å². The number of aliphatic carboxylic acids is 1. The summed E-state index contributed by atoms with van der Waals surface area (Å²) in [6, 6.07) is 7.97. The first-order valence-electron chi connectivity index (χ1n) is 8.62. The van der Waals surface area contributed by atoms with E-state index < -0.39 is 5.97 Å². The third-order valence-corrected chi connectivity index (χ3v) is 4.98. The first kappa shape index (κ1) is 18.3. The monoisotopic (exact) mass is 333 g/mol. The molecule has 132 valence electrons. The van der Waals surface area contributed by atoms with Gasteiger partial charge >= 0.3 is 5.97 Å². The Kier molecular flexibility index (Phi) is 6.23. The Balaban J connectivity index is 1.98. The van der Waals surface area contributed by atoms with Crippen LogP contribution in [0.25, 0.3) is 0 Å². The maximum Gasteiger partial charge on any atom is 0.306 e. The van der Waals surface area contributed by atoms with E-state index in [2.05, 4.69) is 6.92 Å². The van der Waals surface area contributed by atoms with Crippen molar-refractivity contribution >= 4 is 11.9 Å². The average Bonchev–Trinajstić information content (AvgIpc) is 3.06. The molecule has 1 fully saturated rings. The molecular formula is C19H27NO4. The van der Waals surface area contributed by atoms with Crippen LogP contribution in [0.1, 0.15) is 38.7 Å². The fraction of sp³-hybridized carbons (Fsp3) is 0.579. The van der Waals surface area contributed by atoms with Gasteiger partial charge in [-0.3, -0.25) is 9.59 Å². The Bertz CT molecular complexity index is 569. The number of amides is 1. The number of carbonyl (C=O) groups excluding carboxylic acids is 1. The summed E-state index contributed by atoms with van der Waals surface area (Å²) in [5.41, 5.74) is 1.16. The van der Waals surface area contributed by atoms with Gasteiger partial charge in [0.1, 0.15) is 5.75 Å². The third-order valence-electron chi connectivity index (χ3n) is 4.98. The van der Waals surface area contributed by atoms with Gasteiger partial charge < -0.3 is 14.7 Å². The van der Waals surface area contributed by atoms with Crippen LogP contribution in [0, 0.1) is 11.8 Å². The highest BCUT2D eigenvalue weighted by molar-refractivity contribution is 5.81. The Morgan fingerprint density at radius 2 is 1.88 bits per heavy atom. The number of carboxylic acid groups (broad SMARTS) is 1. The van der Waals surface area contributed by atoms with E-state index in [1.165, 1.54) is 0 Å². The molecule has 0 radical (unpaired) electrons. The molecule has 0 bridgehead atoms. The van der Waals surface area contributed by atoms with Crippen molar-refractivity contribution in [3.05, 3.63) is 29.8 Å². The minimum absolute atomic E-state index is 0.0831. The van der Waals surface area contributed by atoms with E-state index in [1.54, 1.807) is 7.11 Å². The molecule has 1 aliphatic carbocycles. The minimum Gasteiger partial charge on any atom is -0.497 e. The van der Waals surface area contributed by atoms with Crippen molar-refractivity contribution in [2.45, 2.75) is 45.6 Å². The number of carbonyl (C=O) groups is 2. The molecule has 1 aromatic carbocycles. The van der Waals surface area contributed by atoms with Crippen LogP contribution >= 0.6 is 0 Å². The van der Waals surface area contributed by atoms with Crippen molar-refractivity contribution in [1.82, 2.24) is 4.90 Å². The molecule has 3 atom stereocenters. The summed E-state index contributed by atoms with van der Waals surface area (Å²) in [6.07, 6.45) is 2.54. The number of ether oxygens (including phenoxy) is 1. The number of likely N-dealkylation sites (N-methyl/N-ethyl adjacent to an activating group) is 1. The molecular weight excluding hydrogens is 306 g/mol. The van der Waals surface area contributed by atoms with Gasteiger partial charge in [-0.15, -0.1) is 0 Å². The summed E-state index contributed by atoms with van der Waals surface area (Å²) in [4.78, 5) is 25.8. The Labute approximate surface area is 143 Å². The zero-order valence-corrected chi connectivity index (χ0v) is 14.7. The predicted molar refractivity (Wildman–Crippen MR) is 92.0 cm³/mol. The lowest BCUT2D eigenvalue weighted by atomic mass is 10.0. The van der Waals surface area contributed by atoms with Crippen LogP contribution in [0.3, 0.4) is 0 Å². The molecule has 0 aromatic heterocycles. The van der Waals surface area contributed by atoms with Gasteiger partial charge in [-0.25, -0.2) is 0 Å². The molecule has 1 unspecified atom stereocenters. The van der Waals surface area contributed by atoms with Gasteiger partial charge in [0.2, 0.25) is 5.91 Å². The van der Waals surface area contributed by atoms with Crippen LogP contribution in [-0.4, -0.2) is 41.6 Å². The van der Waals surface area contributed by atoms with Gasteiger partial charge in [-0.2, -0.15) is 0 Å². The second-order valence-corrected chi connectivity index (χ2v) is 6.57. The molecule has 0 saturated heterocycles. The SMILES string of the molecule is CCN(C(=O)[C@@H]1CC[C@H](C(=O)O)C1)C(C)Cc1ccc(OC)cc1. The molecule has 2 rings (SSSR count). The molecule has 0 aliphatic heterocycles. The van der Waals surface area contributed by atoms with Gasteiger partial charge in [0.25, 0.3) is 0 Å². The highest BCUT2D eigenvalue weighted by Crippen LogP contribution is 2.33. The first-order valence-corrected chi connectivity index (χ1v) is 8.62. The summed E-state index contributed by atoms with van der Waals surface area (Å²) in [5.74, 6) is -0.374. The predicted octanol–water partition coefficient (Wildman–Crippen LogP) is 2.98. The molecule has 1 aliphatic rings. The number of hydrogen-bond acceptors (Lipinski definition) is 3. The summed E-state index contributed by atoms with van der Waals surface area (Å²) in [5, 5.41) is 9.12. The van der Waals surface area contributed by atoms with Crippen LogP contribution in [0.15, 0.2) is 24.3 Å². The fourth-order valence-corrected chi connectivity index (χ4v) is 3.56. The van der Waals surface area contributed by atoms with Crippen molar-refractivity contribution in [2.75, 3.05) is 13.7 Å². The molecule has 5 nitrogen and oxygen atoms in total. The molecule has 0 heterocycles. The number of methoxy groups -OCH3 is 1. The molecule has 1 amide bonds. The number of nitrogens with zero attached hydrogens (tertiary/aromatic N) is 1. The standard InChI is InChI=1S/C19H27NO4/c1-4-20(18(21)15-7-8-16(12-15)19(22)23)13(2)11-14-5-9-17(24-3)10-6-14/h5-6,9-10,13,15-16H,4,7-8,11-12H2,1-3H3,(H,22,23)/t13?,15-,16+/m1/s1. The molecule has 1 N–H and O–H groups in total. The summed E-state index contributed by atoms with van der Waals surface area (Å²) >= 11 is 0. The van der Waals surface area contributed by atoms with Gasteiger partial charge in [0.15, 0.2) is 0 Å². The molecule has 1 aromatic rings. The Hall–Kier alpha value is -2.04. The van der Waals surface area contributed by atoms with E-state index in [1.807, 2.05) is 36.1 Å². The van der Waals surface area contributed by atoms with E-state index in [9.17, 15) is 9.59 Å². The summed E-state index contributed by atoms with van der Waals surface area (Å²) in [7, 11) is 1.64. The molecule has 5 heteroatoms. The molecule has 0 spiro atoms. The highest BCUT2D eigenvalue weighted by Gasteiger charge is 2.36. The van der Waals surface area contributed by atoms with Gasteiger partial charge in [0, 0.05) is 18.5 Å². The molecule has 24 heavy (non-hydrogen) atoms. The second-order valence-electron chi connectivity index (χ2n) is 6.57. The zero-order valence-electron chi connectivity index (χ0n) is 14.7. The zero-order chi connectivity index (χ0) is 17.7. The highest BCUT2D eigenvalue weighted by atomic mass is 16.5. The second kappa shape index (κ2) is 8.18. The maximum atomic E-state index is 12.8. The van der Waals surface area contributed by atoms with Gasteiger partial charge in [-0.1, -0.05) is 12.1 Å². The number of rotatable bonds is 7. The van der Waals surface area contributed by atoms with Crippen LogP contribution in [0.2, 0.25) is 0 Å². The largest absolute Gasteiger partial charge is 0.497 e. The summed E-state index contributed by atoms with van der Waals surface area (Å²) in [6.45, 7) is 4.67. The lowest BCUT2D eigenvalue weighted by Crippen LogP contribution is -2.42. The topological polar surface area (TPSA) is 66.8 Å². The van der Waals surface area contributed by atoms with Crippen LogP contribution in [0.5, 0.6) is 5.75 Å². The van der Waals surface area contributed by atoms with Gasteiger partial charge in [0.05, 0.1) is 13.0 Å². The van der Waals surface area contributed by atoms with Crippen molar-refractivity contribution in [3.8, 4) is 5.75 Å². The quantitative estimate of drug-likeness (QED) is 0.833. The van der Waals surface area contributed by atoms with Gasteiger partial charge in [-0.05, 0) is 57.2 Å². The number of carboxylic acids is 1. The van der Waals surface area contributed by atoms with Crippen molar-refractivity contribution in [3.63, 3.8) is 0 Å². The number of hydrogen-bond donors (Lipinski definition) is 1. The van der Waals surface area contributed by atoms with E-state index in [0.29, 0.717) is 25.8 Å². The van der Waals surface area contributed by atoms with E-state index in [4.69, 9.17) is 9.84 Å². The Morgan fingerprint density at radius 3 is 2.38 bits per heavy atom. The van der Waals surface area contributed by atoms with Crippen molar-refractivity contribution in [1.29, 1.82) is 0 Å². The smallest absolute Gasteiger partial charge is 0.306 e. The van der Waals surface area contributed by atoms with Crippen LogP contribution in [-0.2, 0) is 16.0 Å².